The smallest absolute Gasteiger partial charge is 0.0249 e. The molecule has 0 bridgehead atoms. The average molecular weight is 196 g/mol. The van der Waals surface area contributed by atoms with Gasteiger partial charge in [0.25, 0.3) is 0 Å². The lowest BCUT2D eigenvalue weighted by molar-refractivity contribution is 0.104. The van der Waals surface area contributed by atoms with Crippen LogP contribution in [0.5, 0.6) is 0 Å². The van der Waals surface area contributed by atoms with Crippen molar-refractivity contribution in [1.82, 2.24) is 10.2 Å². The van der Waals surface area contributed by atoms with Crippen LogP contribution in [0.15, 0.2) is 0 Å². The molecule has 1 saturated heterocycles. The van der Waals surface area contributed by atoms with Crippen molar-refractivity contribution in [3.8, 4) is 0 Å². The summed E-state index contributed by atoms with van der Waals surface area (Å²) in [7, 11) is 2.13. The third-order valence-electron chi connectivity index (χ3n) is 3.96. The molecular formula is C12H24N2. The fourth-order valence-electron chi connectivity index (χ4n) is 3.14. The highest BCUT2D eigenvalue weighted by atomic mass is 15.2. The molecule has 2 aliphatic rings. The molecule has 2 nitrogen and oxygen atoms in total. The lowest BCUT2D eigenvalue weighted by Gasteiger charge is -2.41. The van der Waals surface area contributed by atoms with Gasteiger partial charge in [0.05, 0.1) is 0 Å². The van der Waals surface area contributed by atoms with Crippen LogP contribution < -0.4 is 5.32 Å². The number of piperidine rings is 1. The number of rotatable bonds is 2. The Kier molecular flexibility index (Phi) is 3.82. The Balaban J connectivity index is 1.91. The van der Waals surface area contributed by atoms with Gasteiger partial charge in [0.15, 0.2) is 0 Å². The van der Waals surface area contributed by atoms with Crippen LogP contribution in [0.1, 0.15) is 44.9 Å². The summed E-state index contributed by atoms with van der Waals surface area (Å²) in [5.74, 6) is 0. The molecule has 0 aromatic rings. The van der Waals surface area contributed by atoms with Crippen LogP contribution in [-0.2, 0) is 0 Å². The minimum absolute atomic E-state index is 0.766. The van der Waals surface area contributed by atoms with E-state index in [4.69, 9.17) is 0 Å². The van der Waals surface area contributed by atoms with E-state index < -0.39 is 0 Å². The second kappa shape index (κ2) is 5.13. The molecular weight excluding hydrogens is 172 g/mol. The fourth-order valence-corrected chi connectivity index (χ4v) is 3.14. The molecule has 2 heteroatoms. The molecule has 2 fully saturated rings. The predicted octanol–water partition coefficient (Wildman–Crippen LogP) is 2.00. The standard InChI is InChI=1S/C12H24N2/c1-13-11-7-3-4-8-12(11)14-9-5-2-6-10-14/h11-13H,2-10H2,1H3/t11-,12-/m1/s1. The molecule has 0 aromatic heterocycles. The maximum atomic E-state index is 3.51. The van der Waals surface area contributed by atoms with Gasteiger partial charge in [-0.15, -0.1) is 0 Å². The molecule has 1 N–H and O–H groups in total. The number of nitrogens with one attached hydrogen (secondary N) is 1. The lowest BCUT2D eigenvalue weighted by Crippen LogP contribution is -2.52. The van der Waals surface area contributed by atoms with Gasteiger partial charge in [-0.2, -0.15) is 0 Å². The SMILES string of the molecule is CN[C@@H]1CCCC[C@H]1N1CCCCC1. The van der Waals surface area contributed by atoms with Crippen LogP contribution >= 0.6 is 0 Å². The van der Waals surface area contributed by atoms with Gasteiger partial charge in [0, 0.05) is 12.1 Å². The Morgan fingerprint density at radius 1 is 0.929 bits per heavy atom. The van der Waals surface area contributed by atoms with Gasteiger partial charge in [-0.05, 0) is 45.8 Å². The summed E-state index contributed by atoms with van der Waals surface area (Å²) in [6.45, 7) is 2.70. The molecule has 0 spiro atoms. The van der Waals surface area contributed by atoms with Gasteiger partial charge in [-0.25, -0.2) is 0 Å². The van der Waals surface area contributed by atoms with E-state index in [2.05, 4.69) is 17.3 Å². The fraction of sp³-hybridized carbons (Fsp3) is 1.00. The lowest BCUT2D eigenvalue weighted by atomic mass is 9.88. The summed E-state index contributed by atoms with van der Waals surface area (Å²) in [5, 5.41) is 3.51. The Morgan fingerprint density at radius 2 is 1.64 bits per heavy atom. The van der Waals surface area contributed by atoms with Crippen molar-refractivity contribution in [2.75, 3.05) is 20.1 Å². The molecule has 1 aliphatic heterocycles. The minimum atomic E-state index is 0.766. The second-order valence-corrected chi connectivity index (χ2v) is 4.84. The maximum absolute atomic E-state index is 3.51. The summed E-state index contributed by atoms with van der Waals surface area (Å²) >= 11 is 0. The number of likely N-dealkylation sites (N-methyl/N-ethyl adjacent to an activating group) is 1. The van der Waals surface area contributed by atoms with Gasteiger partial charge in [0.2, 0.25) is 0 Å². The molecule has 1 saturated carbocycles. The molecule has 0 unspecified atom stereocenters. The van der Waals surface area contributed by atoms with Crippen LogP contribution in [0.2, 0.25) is 0 Å². The molecule has 14 heavy (non-hydrogen) atoms. The third kappa shape index (κ3) is 2.29. The molecule has 1 heterocycles. The molecule has 2 atom stereocenters. The molecule has 2 rings (SSSR count). The van der Waals surface area contributed by atoms with E-state index in [1.807, 2.05) is 0 Å². The summed E-state index contributed by atoms with van der Waals surface area (Å²) in [6.07, 6.45) is 9.98. The van der Waals surface area contributed by atoms with Crippen LogP contribution in [0.4, 0.5) is 0 Å². The Hall–Kier alpha value is -0.0800. The van der Waals surface area contributed by atoms with Gasteiger partial charge in [-0.3, -0.25) is 4.90 Å². The quantitative estimate of drug-likeness (QED) is 0.727. The number of hydrogen-bond donors (Lipinski definition) is 1. The van der Waals surface area contributed by atoms with Crippen molar-refractivity contribution in [1.29, 1.82) is 0 Å². The van der Waals surface area contributed by atoms with E-state index in [0.29, 0.717) is 0 Å². The van der Waals surface area contributed by atoms with Gasteiger partial charge in [-0.1, -0.05) is 19.3 Å². The Labute approximate surface area is 88.1 Å². The summed E-state index contributed by atoms with van der Waals surface area (Å²) in [6, 6.07) is 1.61. The topological polar surface area (TPSA) is 15.3 Å². The zero-order valence-electron chi connectivity index (χ0n) is 9.47. The zero-order valence-corrected chi connectivity index (χ0v) is 9.47. The van der Waals surface area contributed by atoms with Crippen molar-refractivity contribution >= 4 is 0 Å². The monoisotopic (exact) mass is 196 g/mol. The van der Waals surface area contributed by atoms with E-state index in [-0.39, 0.29) is 0 Å². The Morgan fingerprint density at radius 3 is 2.36 bits per heavy atom. The highest BCUT2D eigenvalue weighted by Crippen LogP contribution is 2.25. The molecule has 1 aliphatic carbocycles. The third-order valence-corrected chi connectivity index (χ3v) is 3.96. The molecule has 0 amide bonds. The normalized spacial score (nSPS) is 35.8. The maximum Gasteiger partial charge on any atom is 0.0249 e. The zero-order chi connectivity index (χ0) is 9.80. The molecule has 82 valence electrons. The number of likely N-dealkylation sites (tertiary alicyclic amines) is 1. The van der Waals surface area contributed by atoms with Gasteiger partial charge < -0.3 is 5.32 Å². The number of nitrogens with zero attached hydrogens (tertiary/aromatic N) is 1. The highest BCUT2D eigenvalue weighted by Gasteiger charge is 2.29. The molecule has 0 radical (unpaired) electrons. The number of hydrogen-bond acceptors (Lipinski definition) is 2. The molecule has 0 aromatic carbocycles. The highest BCUT2D eigenvalue weighted by molar-refractivity contribution is 4.88. The van der Waals surface area contributed by atoms with Gasteiger partial charge in [0.1, 0.15) is 0 Å². The van der Waals surface area contributed by atoms with E-state index in [1.165, 1.54) is 58.0 Å². The van der Waals surface area contributed by atoms with E-state index >= 15 is 0 Å². The average Bonchev–Trinajstić information content (AvgIpc) is 2.30. The van der Waals surface area contributed by atoms with Crippen molar-refractivity contribution in [2.24, 2.45) is 0 Å². The van der Waals surface area contributed by atoms with E-state index in [9.17, 15) is 0 Å². The first-order chi connectivity index (χ1) is 6.92. The van der Waals surface area contributed by atoms with Crippen LogP contribution in [0, 0.1) is 0 Å². The van der Waals surface area contributed by atoms with Crippen molar-refractivity contribution in [3.63, 3.8) is 0 Å². The van der Waals surface area contributed by atoms with Crippen LogP contribution in [0.3, 0.4) is 0 Å². The first kappa shape index (κ1) is 10.4. The first-order valence-electron chi connectivity index (χ1n) is 6.33. The van der Waals surface area contributed by atoms with Crippen molar-refractivity contribution < 1.29 is 0 Å². The minimum Gasteiger partial charge on any atom is -0.315 e. The largest absolute Gasteiger partial charge is 0.315 e. The Bertz CT molecular complexity index is 164. The van der Waals surface area contributed by atoms with Crippen molar-refractivity contribution in [2.45, 2.75) is 57.0 Å². The van der Waals surface area contributed by atoms with E-state index in [0.717, 1.165) is 12.1 Å². The van der Waals surface area contributed by atoms with E-state index in [1.54, 1.807) is 0 Å². The van der Waals surface area contributed by atoms with Crippen molar-refractivity contribution in [3.05, 3.63) is 0 Å². The first-order valence-corrected chi connectivity index (χ1v) is 6.33. The summed E-state index contributed by atoms with van der Waals surface area (Å²) in [5.41, 5.74) is 0. The van der Waals surface area contributed by atoms with Gasteiger partial charge >= 0.3 is 0 Å². The summed E-state index contributed by atoms with van der Waals surface area (Å²) < 4.78 is 0. The second-order valence-electron chi connectivity index (χ2n) is 4.84. The van der Waals surface area contributed by atoms with Crippen LogP contribution in [0.25, 0.3) is 0 Å². The summed E-state index contributed by atoms with van der Waals surface area (Å²) in [4.78, 5) is 2.74. The van der Waals surface area contributed by atoms with Crippen LogP contribution in [-0.4, -0.2) is 37.1 Å². The predicted molar refractivity (Wildman–Crippen MR) is 60.5 cm³/mol.